The number of ketones is 2. The molecule has 0 aliphatic carbocycles. The van der Waals surface area contributed by atoms with Crippen molar-refractivity contribution in [3.05, 3.63) is 95.1 Å². The summed E-state index contributed by atoms with van der Waals surface area (Å²) in [7, 11) is 0. The van der Waals surface area contributed by atoms with Crippen LogP contribution in [-0.4, -0.2) is 11.6 Å². The average Bonchev–Trinajstić information content (AvgIpc) is 2.52. The number of allylic oxidation sites excluding steroid dienone is 4. The number of rotatable bonds is 5. The van der Waals surface area contributed by atoms with Crippen molar-refractivity contribution < 1.29 is 9.59 Å². The number of hydrogen-bond donors (Lipinski definition) is 0. The van der Waals surface area contributed by atoms with Gasteiger partial charge in [0.05, 0.1) is 0 Å². The normalized spacial score (nSPS) is 11.2. The predicted molar refractivity (Wildman–Crippen MR) is 89.3 cm³/mol. The molecule has 2 nitrogen and oxygen atoms in total. The third kappa shape index (κ3) is 4.38. The number of aryl methyl sites for hydroxylation is 2. The maximum atomic E-state index is 11.9. The second kappa shape index (κ2) is 7.32. The van der Waals surface area contributed by atoms with Gasteiger partial charge in [-0.1, -0.05) is 71.8 Å². The van der Waals surface area contributed by atoms with E-state index in [1.54, 1.807) is 36.4 Å². The SMILES string of the molecule is Cc1ccc(C(=O)/C=C/C=C/C(=O)c2ccc(C)cc2)cc1. The summed E-state index contributed by atoms with van der Waals surface area (Å²) >= 11 is 0. The smallest absolute Gasteiger partial charge is 0.185 e. The Labute approximate surface area is 130 Å². The molecule has 0 amide bonds. The van der Waals surface area contributed by atoms with Crippen molar-refractivity contribution in [1.29, 1.82) is 0 Å². The molecule has 0 heterocycles. The summed E-state index contributed by atoms with van der Waals surface area (Å²) in [6.45, 7) is 3.95. The molecule has 0 atom stereocenters. The van der Waals surface area contributed by atoms with Crippen molar-refractivity contribution in [2.24, 2.45) is 0 Å². The summed E-state index contributed by atoms with van der Waals surface area (Å²) in [5.41, 5.74) is 3.51. The van der Waals surface area contributed by atoms with Crippen LogP contribution in [0.4, 0.5) is 0 Å². The molecule has 0 N–H and O–H groups in total. The van der Waals surface area contributed by atoms with E-state index in [4.69, 9.17) is 0 Å². The highest BCUT2D eigenvalue weighted by atomic mass is 16.1. The van der Waals surface area contributed by atoms with Gasteiger partial charge in [-0.25, -0.2) is 0 Å². The van der Waals surface area contributed by atoms with Crippen LogP contribution in [0.15, 0.2) is 72.8 Å². The minimum atomic E-state index is -0.0764. The molecule has 0 aromatic heterocycles. The standard InChI is InChI=1S/C20H18O2/c1-15-7-11-17(12-8-15)19(21)5-3-4-6-20(22)18-13-9-16(2)10-14-18/h3-14H,1-2H3/b5-3+,6-4+. The van der Waals surface area contributed by atoms with Gasteiger partial charge in [-0.3, -0.25) is 9.59 Å². The Balaban J connectivity index is 1.96. The third-order valence-corrected chi connectivity index (χ3v) is 3.28. The fraction of sp³-hybridized carbons (Fsp3) is 0.100. The fourth-order valence-electron chi connectivity index (χ4n) is 1.91. The Kier molecular flexibility index (Phi) is 5.21. The van der Waals surface area contributed by atoms with E-state index in [0.717, 1.165) is 11.1 Å². The van der Waals surface area contributed by atoms with E-state index in [-0.39, 0.29) is 11.6 Å². The summed E-state index contributed by atoms with van der Waals surface area (Å²) in [6, 6.07) is 14.8. The largest absolute Gasteiger partial charge is 0.289 e. The fourth-order valence-corrected chi connectivity index (χ4v) is 1.91. The van der Waals surface area contributed by atoms with Gasteiger partial charge in [0, 0.05) is 11.1 Å². The van der Waals surface area contributed by atoms with Gasteiger partial charge in [0.25, 0.3) is 0 Å². The molecule has 0 aliphatic rings. The molecule has 0 spiro atoms. The highest BCUT2D eigenvalue weighted by molar-refractivity contribution is 6.06. The van der Waals surface area contributed by atoms with Crippen molar-refractivity contribution >= 4 is 11.6 Å². The molecule has 0 aliphatic heterocycles. The summed E-state index contributed by atoms with van der Waals surface area (Å²) < 4.78 is 0. The van der Waals surface area contributed by atoms with Crippen LogP contribution in [0, 0.1) is 13.8 Å². The molecule has 0 radical (unpaired) electrons. The minimum absolute atomic E-state index is 0.0764. The molecule has 2 rings (SSSR count). The van der Waals surface area contributed by atoms with Gasteiger partial charge in [0.2, 0.25) is 0 Å². The molecule has 0 saturated carbocycles. The van der Waals surface area contributed by atoms with Crippen LogP contribution in [0.5, 0.6) is 0 Å². The van der Waals surface area contributed by atoms with E-state index in [1.165, 1.54) is 12.2 Å². The van der Waals surface area contributed by atoms with Crippen LogP contribution in [0.25, 0.3) is 0 Å². The molecule has 0 unspecified atom stereocenters. The summed E-state index contributed by atoms with van der Waals surface area (Å²) in [4.78, 5) is 23.8. The lowest BCUT2D eigenvalue weighted by Gasteiger charge is -1.96. The first-order valence-corrected chi connectivity index (χ1v) is 7.13. The number of carbonyl (C=O) groups excluding carboxylic acids is 2. The van der Waals surface area contributed by atoms with Crippen LogP contribution in [0.1, 0.15) is 31.8 Å². The Morgan fingerprint density at radius 1 is 0.636 bits per heavy atom. The van der Waals surface area contributed by atoms with E-state index in [0.29, 0.717) is 11.1 Å². The summed E-state index contributed by atoms with van der Waals surface area (Å²) in [5, 5.41) is 0. The van der Waals surface area contributed by atoms with Crippen molar-refractivity contribution in [3.8, 4) is 0 Å². The van der Waals surface area contributed by atoms with Crippen LogP contribution in [0.3, 0.4) is 0 Å². The van der Waals surface area contributed by atoms with Crippen LogP contribution in [-0.2, 0) is 0 Å². The second-order valence-electron chi connectivity index (χ2n) is 5.18. The minimum Gasteiger partial charge on any atom is -0.289 e. The molecular formula is C20H18O2. The van der Waals surface area contributed by atoms with Crippen molar-refractivity contribution in [2.45, 2.75) is 13.8 Å². The lowest BCUT2D eigenvalue weighted by Crippen LogP contribution is -1.94. The van der Waals surface area contributed by atoms with Crippen molar-refractivity contribution in [1.82, 2.24) is 0 Å². The maximum Gasteiger partial charge on any atom is 0.185 e. The highest BCUT2D eigenvalue weighted by Gasteiger charge is 2.01. The Hall–Kier alpha value is -2.74. The monoisotopic (exact) mass is 290 g/mol. The van der Waals surface area contributed by atoms with Gasteiger partial charge in [-0.15, -0.1) is 0 Å². The quantitative estimate of drug-likeness (QED) is 0.462. The Bertz CT molecular complexity index is 652. The van der Waals surface area contributed by atoms with Gasteiger partial charge in [0.1, 0.15) is 0 Å². The van der Waals surface area contributed by atoms with Gasteiger partial charge >= 0.3 is 0 Å². The lowest BCUT2D eigenvalue weighted by molar-refractivity contribution is 0.103. The average molecular weight is 290 g/mol. The molecular weight excluding hydrogens is 272 g/mol. The summed E-state index contributed by atoms with van der Waals surface area (Å²) in [6.07, 6.45) is 6.11. The summed E-state index contributed by atoms with van der Waals surface area (Å²) in [5.74, 6) is -0.153. The molecule has 22 heavy (non-hydrogen) atoms. The van der Waals surface area contributed by atoms with E-state index in [9.17, 15) is 9.59 Å². The first kappa shape index (κ1) is 15.6. The maximum absolute atomic E-state index is 11.9. The van der Waals surface area contributed by atoms with Gasteiger partial charge in [0.15, 0.2) is 11.6 Å². The van der Waals surface area contributed by atoms with Gasteiger partial charge < -0.3 is 0 Å². The van der Waals surface area contributed by atoms with Crippen molar-refractivity contribution in [3.63, 3.8) is 0 Å². The van der Waals surface area contributed by atoms with E-state index < -0.39 is 0 Å². The first-order chi connectivity index (χ1) is 10.6. The van der Waals surface area contributed by atoms with Gasteiger partial charge in [-0.05, 0) is 26.0 Å². The number of carbonyl (C=O) groups is 2. The third-order valence-electron chi connectivity index (χ3n) is 3.28. The molecule has 2 aromatic carbocycles. The van der Waals surface area contributed by atoms with Crippen molar-refractivity contribution in [2.75, 3.05) is 0 Å². The molecule has 0 bridgehead atoms. The lowest BCUT2D eigenvalue weighted by atomic mass is 10.1. The molecule has 0 saturated heterocycles. The van der Waals surface area contributed by atoms with E-state index in [1.807, 2.05) is 38.1 Å². The molecule has 110 valence electrons. The zero-order valence-electron chi connectivity index (χ0n) is 12.7. The van der Waals surface area contributed by atoms with E-state index in [2.05, 4.69) is 0 Å². The van der Waals surface area contributed by atoms with E-state index >= 15 is 0 Å². The highest BCUT2D eigenvalue weighted by Crippen LogP contribution is 2.06. The molecule has 2 heteroatoms. The molecule has 2 aromatic rings. The van der Waals surface area contributed by atoms with Gasteiger partial charge in [-0.2, -0.15) is 0 Å². The Morgan fingerprint density at radius 2 is 0.955 bits per heavy atom. The zero-order valence-corrected chi connectivity index (χ0v) is 12.7. The van der Waals surface area contributed by atoms with Crippen LogP contribution in [0.2, 0.25) is 0 Å². The van der Waals surface area contributed by atoms with Crippen LogP contribution >= 0.6 is 0 Å². The number of hydrogen-bond acceptors (Lipinski definition) is 2. The Morgan fingerprint density at radius 3 is 1.27 bits per heavy atom. The topological polar surface area (TPSA) is 34.1 Å². The number of benzene rings is 2. The second-order valence-corrected chi connectivity index (χ2v) is 5.18. The zero-order chi connectivity index (χ0) is 15.9. The van der Waals surface area contributed by atoms with Crippen LogP contribution < -0.4 is 0 Å². The predicted octanol–water partition coefficient (Wildman–Crippen LogP) is 4.48. The first-order valence-electron chi connectivity index (χ1n) is 7.13. The molecule has 0 fully saturated rings.